The monoisotopic (exact) mass is 920 g/mol. The highest BCUT2D eigenvalue weighted by atomic mass is 16.7. The van der Waals surface area contributed by atoms with Gasteiger partial charge in [0.2, 0.25) is 12.0 Å². The van der Waals surface area contributed by atoms with E-state index in [2.05, 4.69) is 20.9 Å². The van der Waals surface area contributed by atoms with E-state index < -0.39 is 70.3 Å². The van der Waals surface area contributed by atoms with Crippen molar-refractivity contribution in [3.05, 3.63) is 129 Å². The van der Waals surface area contributed by atoms with Crippen LogP contribution in [0.3, 0.4) is 0 Å². The number of hydrogen-bond donors (Lipinski definition) is 12. The number of phenolic OH excluding ortho intramolecular Hbond substituents is 2. The van der Waals surface area contributed by atoms with Crippen molar-refractivity contribution in [3.8, 4) is 40.1 Å². The molecule has 7 atom stereocenters. The summed E-state index contributed by atoms with van der Waals surface area (Å²) in [6.07, 6.45) is -0.403. The molecule has 3 aliphatic heterocycles. The lowest BCUT2D eigenvalue weighted by atomic mass is 9.59. The first-order chi connectivity index (χ1) is 32.1. The Labute approximate surface area is 382 Å². The van der Waals surface area contributed by atoms with Crippen LogP contribution in [-0.4, -0.2) is 104 Å². The molecule has 14 N–H and O–H groups in total. The Morgan fingerprint density at radius 2 is 1.79 bits per heavy atom. The minimum Gasteiger partial charge on any atom is -0.508 e. The standard InChI is InChI=1S/C48H52N6O13/c1-2-24-13-26(16-30(55)15-24)22-64-42-36(19-35-39(41(42)57)33(56)18-34(65-35)27-3-6-31(7-4-27)63-12-10-29-5-8-37(49)54-29)66-46-47(61)20-28(14-25-9-11-52-38(50)17-25)40(32-21-51-23-53-32)48(62,45(47)60)43(67-46)44(58)59/h3-9,13,15-20,32,40,43,45-46,51-55,57,60-62H,2,10-12,14,21-23,49-50H2,1H3,(H,58,59). The molecule has 0 spiro atoms. The number of hydrogen-bond acceptors (Lipinski definition) is 17. The fraction of sp³-hybridized carbons (Fsp3) is 0.333. The third-order valence-corrected chi connectivity index (χ3v) is 12.7. The number of dihydropyridines is 1. The largest absolute Gasteiger partial charge is 0.508 e. The van der Waals surface area contributed by atoms with E-state index in [1.807, 2.05) is 19.1 Å². The number of nitrogen functional groups attached to an aromatic ring is 1. The number of fused-ring (bicyclic) bond motifs is 3. The number of H-pyrrole nitrogens is 1. The average Bonchev–Trinajstić information content (AvgIpc) is 3.98. The highest BCUT2D eigenvalue weighted by Gasteiger charge is 2.71. The summed E-state index contributed by atoms with van der Waals surface area (Å²) >= 11 is 0. The quantitative estimate of drug-likeness (QED) is 0.0671. The molecule has 67 heavy (non-hydrogen) atoms. The third kappa shape index (κ3) is 8.63. The van der Waals surface area contributed by atoms with E-state index in [-0.39, 0.29) is 42.1 Å². The van der Waals surface area contributed by atoms with Gasteiger partial charge in [0.1, 0.15) is 52.4 Å². The molecule has 1 aliphatic carbocycles. The van der Waals surface area contributed by atoms with Gasteiger partial charge < -0.3 is 81.1 Å². The normalized spacial score (nSPS) is 25.7. The number of nitrogens with one attached hydrogen (secondary N) is 4. The smallest absolute Gasteiger partial charge is 0.336 e. The second kappa shape index (κ2) is 18.0. The number of aliphatic carboxylic acids is 1. The van der Waals surface area contributed by atoms with Crippen LogP contribution >= 0.6 is 0 Å². The number of carboxylic acids is 1. The molecule has 9 rings (SSSR count). The van der Waals surface area contributed by atoms with Crippen LogP contribution in [0.4, 0.5) is 5.82 Å². The van der Waals surface area contributed by atoms with E-state index in [9.17, 15) is 40.2 Å². The zero-order chi connectivity index (χ0) is 47.2. The Balaban J connectivity index is 1.12. The molecule has 4 aliphatic rings. The fourth-order valence-corrected chi connectivity index (χ4v) is 9.51. The van der Waals surface area contributed by atoms with Gasteiger partial charge in [0.15, 0.2) is 28.6 Å². The predicted molar refractivity (Wildman–Crippen MR) is 243 cm³/mol. The van der Waals surface area contributed by atoms with Crippen molar-refractivity contribution >= 4 is 22.8 Å². The zero-order valence-corrected chi connectivity index (χ0v) is 36.3. The molecule has 2 fully saturated rings. The molecule has 7 unspecified atom stereocenters. The minimum atomic E-state index is -2.65. The van der Waals surface area contributed by atoms with E-state index in [1.54, 1.807) is 48.5 Å². The molecule has 3 aromatic carbocycles. The number of aromatic nitrogens is 1. The van der Waals surface area contributed by atoms with Crippen molar-refractivity contribution in [1.29, 1.82) is 0 Å². The van der Waals surface area contributed by atoms with Gasteiger partial charge in [-0.25, -0.2) is 4.79 Å². The van der Waals surface area contributed by atoms with Crippen molar-refractivity contribution in [2.24, 2.45) is 11.7 Å². The van der Waals surface area contributed by atoms with Crippen LogP contribution in [0.15, 0.2) is 111 Å². The highest BCUT2D eigenvalue weighted by Crippen LogP contribution is 2.53. The van der Waals surface area contributed by atoms with Crippen molar-refractivity contribution in [2.45, 2.75) is 68.5 Å². The molecule has 352 valence electrons. The van der Waals surface area contributed by atoms with Crippen molar-refractivity contribution in [3.63, 3.8) is 0 Å². The lowest BCUT2D eigenvalue weighted by Gasteiger charge is -2.58. The average molecular weight is 921 g/mol. The van der Waals surface area contributed by atoms with Gasteiger partial charge in [-0.05, 0) is 90.2 Å². The number of nitrogens with two attached hydrogens (primary N) is 2. The third-order valence-electron chi connectivity index (χ3n) is 12.7. The molecule has 2 saturated heterocycles. The molecule has 0 saturated carbocycles. The number of aromatic amines is 1. The van der Waals surface area contributed by atoms with Crippen LogP contribution in [0.5, 0.6) is 28.7 Å². The fourth-order valence-electron chi connectivity index (χ4n) is 9.51. The lowest BCUT2D eigenvalue weighted by Crippen LogP contribution is -2.79. The van der Waals surface area contributed by atoms with Crippen LogP contribution in [-0.2, 0) is 29.0 Å². The molecule has 5 aromatic rings. The Morgan fingerprint density at radius 3 is 2.49 bits per heavy atom. The Kier molecular flexibility index (Phi) is 12.1. The van der Waals surface area contributed by atoms with Crippen LogP contribution in [0.25, 0.3) is 22.3 Å². The molecule has 19 heteroatoms. The lowest BCUT2D eigenvalue weighted by molar-refractivity contribution is -0.344. The van der Waals surface area contributed by atoms with Gasteiger partial charge in [0.25, 0.3) is 0 Å². The van der Waals surface area contributed by atoms with Gasteiger partial charge in [-0.3, -0.25) is 10.1 Å². The summed E-state index contributed by atoms with van der Waals surface area (Å²) in [5.41, 5.74) is 9.44. The highest BCUT2D eigenvalue weighted by molar-refractivity contribution is 5.89. The first-order valence-corrected chi connectivity index (χ1v) is 21.8. The van der Waals surface area contributed by atoms with Crippen LogP contribution in [0.1, 0.15) is 30.2 Å². The first-order valence-electron chi connectivity index (χ1n) is 21.8. The number of rotatable bonds is 15. The summed E-state index contributed by atoms with van der Waals surface area (Å²) in [5.74, 6) is -2.79. The summed E-state index contributed by atoms with van der Waals surface area (Å²) in [5, 5.41) is 79.6. The second-order valence-corrected chi connectivity index (χ2v) is 17.2. The Hall–Kier alpha value is -7.00. The molecule has 2 bridgehead atoms. The van der Waals surface area contributed by atoms with Gasteiger partial charge in [0.05, 0.1) is 12.4 Å². The molecule has 2 aromatic heterocycles. The van der Waals surface area contributed by atoms with Gasteiger partial charge in [-0.15, -0.1) is 0 Å². The number of ether oxygens (including phenoxy) is 4. The molecular formula is C48H52N6O13. The van der Waals surface area contributed by atoms with Gasteiger partial charge >= 0.3 is 5.97 Å². The summed E-state index contributed by atoms with van der Waals surface area (Å²) in [4.78, 5) is 30.2. The van der Waals surface area contributed by atoms with Crippen molar-refractivity contribution < 1.29 is 58.8 Å². The van der Waals surface area contributed by atoms with Crippen LogP contribution < -0.4 is 47.1 Å². The number of benzene rings is 3. The number of aliphatic hydroxyl groups excluding tert-OH is 1. The number of carboxylic acid groups (broad SMARTS) is 1. The summed E-state index contributed by atoms with van der Waals surface area (Å²) < 4.78 is 30.7. The first kappa shape index (κ1) is 45.2. The summed E-state index contributed by atoms with van der Waals surface area (Å²) in [7, 11) is 0. The Bertz CT molecular complexity index is 2850. The summed E-state index contributed by atoms with van der Waals surface area (Å²) in [6, 6.07) is 17.0. The minimum absolute atomic E-state index is 0.0358. The molecule has 0 radical (unpaired) electrons. The van der Waals surface area contributed by atoms with Crippen LogP contribution in [0, 0.1) is 5.92 Å². The summed E-state index contributed by atoms with van der Waals surface area (Å²) in [6.45, 7) is 2.99. The van der Waals surface area contributed by atoms with E-state index >= 15 is 0 Å². The van der Waals surface area contributed by atoms with Crippen molar-refractivity contribution in [1.82, 2.24) is 20.9 Å². The van der Waals surface area contributed by atoms with E-state index in [1.165, 1.54) is 24.3 Å². The number of aryl methyl sites for hydroxylation is 1. The van der Waals surface area contributed by atoms with Gasteiger partial charge in [-0.1, -0.05) is 24.6 Å². The molecule has 0 amide bonds. The maximum absolute atomic E-state index is 13.9. The maximum Gasteiger partial charge on any atom is 0.336 e. The zero-order valence-electron chi connectivity index (χ0n) is 36.3. The maximum atomic E-state index is 13.9. The number of allylic oxidation sites excluding steroid dienone is 2. The van der Waals surface area contributed by atoms with Crippen molar-refractivity contribution in [2.75, 3.05) is 32.1 Å². The van der Waals surface area contributed by atoms with E-state index in [0.29, 0.717) is 72.3 Å². The van der Waals surface area contributed by atoms with Gasteiger partial charge in [-0.2, -0.15) is 0 Å². The molecule has 5 heterocycles. The van der Waals surface area contributed by atoms with E-state index in [4.69, 9.17) is 34.8 Å². The topological polar surface area (TPSA) is 310 Å². The number of aliphatic hydroxyl groups is 3. The van der Waals surface area contributed by atoms with E-state index in [0.717, 1.165) is 11.3 Å². The second-order valence-electron chi connectivity index (χ2n) is 17.2. The van der Waals surface area contributed by atoms with Crippen LogP contribution in [0.2, 0.25) is 0 Å². The number of phenols is 2. The SMILES string of the molecule is CCc1cc(O)cc(COc2c(OC3OC(C(=O)O)C4(O)C(C5CNCN5)C(CC5=CCNC(N)=C5)=CC3(O)C4O)cc3oc(-c4ccc(OCCc5ccc(N)[nH]5)cc4)cc(=O)c3c2O)c1. The number of aromatic hydroxyl groups is 2. The molecule has 19 nitrogen and oxygen atoms in total. The predicted octanol–water partition coefficient (Wildman–Crippen LogP) is 2.35. The Morgan fingerprint density at radius 1 is 1.00 bits per heavy atom. The number of carbonyl (C=O) groups is 1. The van der Waals surface area contributed by atoms with Gasteiger partial charge in [0, 0.05) is 61.5 Å². The molecular weight excluding hydrogens is 869 g/mol. The number of anilines is 1.